The van der Waals surface area contributed by atoms with Crippen molar-refractivity contribution in [3.8, 4) is 0 Å². The van der Waals surface area contributed by atoms with Crippen LogP contribution in [0.15, 0.2) is 0 Å². The molecule has 3 aliphatic heterocycles. The summed E-state index contributed by atoms with van der Waals surface area (Å²) in [5, 5.41) is 109. The van der Waals surface area contributed by atoms with Crippen molar-refractivity contribution in [2.24, 2.45) is 0 Å². The summed E-state index contributed by atoms with van der Waals surface area (Å²) >= 11 is 0. The molecule has 16 heteroatoms. The molecule has 0 aromatic rings. The van der Waals surface area contributed by atoms with Crippen LogP contribution in [0.2, 0.25) is 0 Å². The second kappa shape index (κ2) is 11.6. The zero-order valence-corrected chi connectivity index (χ0v) is 17.7. The van der Waals surface area contributed by atoms with Crippen molar-refractivity contribution in [2.75, 3.05) is 19.8 Å². The van der Waals surface area contributed by atoms with E-state index in [9.17, 15) is 56.2 Å². The summed E-state index contributed by atoms with van der Waals surface area (Å²) in [5.41, 5.74) is 0. The third-order valence-electron chi connectivity index (χ3n) is 6.07. The van der Waals surface area contributed by atoms with Crippen LogP contribution in [0, 0.1) is 0 Å². The molecule has 3 unspecified atom stereocenters. The van der Waals surface area contributed by atoms with E-state index < -0.39 is 112 Å². The molecule has 34 heavy (non-hydrogen) atoms. The number of hydrogen-bond acceptors (Lipinski definition) is 16. The van der Waals surface area contributed by atoms with Crippen LogP contribution in [-0.4, -0.2) is 168 Å². The Morgan fingerprint density at radius 3 is 1.53 bits per heavy atom. The van der Waals surface area contributed by atoms with Gasteiger partial charge in [0.25, 0.3) is 0 Å². The smallest absolute Gasteiger partial charge is 0.187 e. The maximum absolute atomic E-state index is 10.6. The van der Waals surface area contributed by atoms with Crippen molar-refractivity contribution in [2.45, 2.75) is 92.1 Å². The number of aliphatic hydroxyl groups is 11. The van der Waals surface area contributed by atoms with Gasteiger partial charge in [-0.3, -0.25) is 0 Å². The quantitative estimate of drug-likeness (QED) is 0.154. The molecule has 0 aromatic heterocycles. The van der Waals surface area contributed by atoms with Crippen molar-refractivity contribution in [1.82, 2.24) is 0 Å². The molecule has 3 fully saturated rings. The highest BCUT2D eigenvalue weighted by atomic mass is 16.7. The third kappa shape index (κ3) is 5.52. The second-order valence-corrected chi connectivity index (χ2v) is 8.37. The van der Waals surface area contributed by atoms with Gasteiger partial charge in [0.05, 0.1) is 19.8 Å². The van der Waals surface area contributed by atoms with E-state index in [0.717, 1.165) is 0 Å². The fourth-order valence-electron chi connectivity index (χ4n) is 3.94. The van der Waals surface area contributed by atoms with Crippen LogP contribution in [0.1, 0.15) is 0 Å². The average molecular weight is 504 g/mol. The van der Waals surface area contributed by atoms with Gasteiger partial charge in [-0.15, -0.1) is 0 Å². The highest BCUT2D eigenvalue weighted by molar-refractivity contribution is 4.94. The fourth-order valence-corrected chi connectivity index (χ4v) is 3.94. The average Bonchev–Trinajstić information content (AvgIpc) is 2.82. The molecule has 0 aliphatic carbocycles. The lowest BCUT2D eigenvalue weighted by molar-refractivity contribution is -0.361. The first-order chi connectivity index (χ1) is 16.0. The number of ether oxygens (including phenoxy) is 5. The van der Waals surface area contributed by atoms with Crippen LogP contribution in [0.25, 0.3) is 0 Å². The number of aliphatic hydroxyl groups excluding tert-OH is 11. The molecule has 3 saturated heterocycles. The van der Waals surface area contributed by atoms with E-state index in [2.05, 4.69) is 0 Å². The van der Waals surface area contributed by atoms with Gasteiger partial charge in [0.15, 0.2) is 18.9 Å². The Morgan fingerprint density at radius 2 is 1.00 bits per heavy atom. The topological polar surface area (TPSA) is 269 Å². The maximum Gasteiger partial charge on any atom is 0.187 e. The molecule has 0 aromatic carbocycles. The Labute approximate surface area is 192 Å². The summed E-state index contributed by atoms with van der Waals surface area (Å²) < 4.78 is 26.1. The van der Waals surface area contributed by atoms with Gasteiger partial charge in [0.1, 0.15) is 73.2 Å². The molecule has 3 rings (SSSR count). The molecule has 0 spiro atoms. The van der Waals surface area contributed by atoms with Gasteiger partial charge in [-0.25, -0.2) is 0 Å². The Balaban J connectivity index is 1.65. The summed E-state index contributed by atoms with van der Waals surface area (Å²) in [7, 11) is 0. The van der Waals surface area contributed by atoms with Gasteiger partial charge in [-0.2, -0.15) is 0 Å². The SMILES string of the molecule is OC[C@H]1O[C@H](OC2[C@H](O)[C@@H](O)O[C@H](CO[C@H]3O[C@H](CO)[C@@H](O)C(O)C3O)[C@H]2O)[C@@H](O)[C@@H](O)[C@@H]1O. The molecule has 11 N–H and O–H groups in total. The summed E-state index contributed by atoms with van der Waals surface area (Å²) in [5.74, 6) is 0. The fraction of sp³-hybridized carbons (Fsp3) is 1.00. The lowest BCUT2D eigenvalue weighted by Gasteiger charge is -2.45. The first kappa shape index (κ1) is 27.9. The standard InChI is InChI=1S/C18H32O16/c19-1-4-7(21)10(24)12(26)17(32-4)30-3-6-9(23)15(14(28)16(29)31-6)34-18-13(27)11(25)8(22)5(2-20)33-18/h4-29H,1-3H2/t4-,5-,6-,7-,8-,9-,10?,11+,12?,13+,14+,15?,16+,17+,18-/m1/s1. The van der Waals surface area contributed by atoms with Crippen molar-refractivity contribution in [3.63, 3.8) is 0 Å². The largest absolute Gasteiger partial charge is 0.394 e. The predicted octanol–water partition coefficient (Wildman–Crippen LogP) is -7.57. The number of rotatable bonds is 7. The van der Waals surface area contributed by atoms with Crippen molar-refractivity contribution in [1.29, 1.82) is 0 Å². The van der Waals surface area contributed by atoms with Crippen LogP contribution in [0.3, 0.4) is 0 Å². The van der Waals surface area contributed by atoms with Gasteiger partial charge in [-0.1, -0.05) is 0 Å². The van der Waals surface area contributed by atoms with E-state index in [1.54, 1.807) is 0 Å². The molecule has 0 amide bonds. The minimum atomic E-state index is -1.93. The highest BCUT2D eigenvalue weighted by Gasteiger charge is 2.51. The molecule has 0 saturated carbocycles. The van der Waals surface area contributed by atoms with Gasteiger partial charge in [0, 0.05) is 0 Å². The van der Waals surface area contributed by atoms with Crippen LogP contribution in [0.4, 0.5) is 0 Å². The molecule has 0 radical (unpaired) electrons. The zero-order valence-electron chi connectivity index (χ0n) is 17.7. The van der Waals surface area contributed by atoms with Crippen molar-refractivity contribution in [3.05, 3.63) is 0 Å². The van der Waals surface area contributed by atoms with E-state index in [-0.39, 0.29) is 0 Å². The first-order valence-electron chi connectivity index (χ1n) is 10.6. The van der Waals surface area contributed by atoms with E-state index in [4.69, 9.17) is 23.7 Å². The van der Waals surface area contributed by atoms with Gasteiger partial charge in [-0.05, 0) is 0 Å². The normalized spacial score (nSPS) is 52.5. The Morgan fingerprint density at radius 1 is 0.500 bits per heavy atom. The van der Waals surface area contributed by atoms with Gasteiger partial charge >= 0.3 is 0 Å². The van der Waals surface area contributed by atoms with Crippen LogP contribution in [-0.2, 0) is 23.7 Å². The minimum Gasteiger partial charge on any atom is -0.394 e. The van der Waals surface area contributed by atoms with E-state index in [1.807, 2.05) is 0 Å². The maximum atomic E-state index is 10.6. The Bertz CT molecular complexity index is 637. The molecule has 200 valence electrons. The van der Waals surface area contributed by atoms with Crippen molar-refractivity contribution >= 4 is 0 Å². The Kier molecular flexibility index (Phi) is 9.54. The third-order valence-corrected chi connectivity index (χ3v) is 6.07. The molecule has 0 bridgehead atoms. The Hall–Kier alpha value is -0.640. The summed E-state index contributed by atoms with van der Waals surface area (Å²) in [6.07, 6.45) is -24.9. The van der Waals surface area contributed by atoms with Crippen molar-refractivity contribution < 1.29 is 79.9 Å². The summed E-state index contributed by atoms with van der Waals surface area (Å²) in [6, 6.07) is 0. The molecular weight excluding hydrogens is 472 g/mol. The molecule has 3 heterocycles. The lowest BCUT2D eigenvalue weighted by atomic mass is 9.97. The monoisotopic (exact) mass is 504 g/mol. The lowest BCUT2D eigenvalue weighted by Crippen LogP contribution is -2.65. The predicted molar refractivity (Wildman–Crippen MR) is 101 cm³/mol. The van der Waals surface area contributed by atoms with E-state index in [1.165, 1.54) is 0 Å². The van der Waals surface area contributed by atoms with Crippen LogP contribution < -0.4 is 0 Å². The minimum absolute atomic E-state index is 0.609. The van der Waals surface area contributed by atoms with Crippen LogP contribution >= 0.6 is 0 Å². The second-order valence-electron chi connectivity index (χ2n) is 8.37. The molecule has 3 aliphatic rings. The first-order valence-corrected chi connectivity index (χ1v) is 10.6. The van der Waals surface area contributed by atoms with Gasteiger partial charge < -0.3 is 79.9 Å². The highest BCUT2D eigenvalue weighted by Crippen LogP contribution is 2.29. The molecular formula is C18H32O16. The number of hydrogen-bond donors (Lipinski definition) is 11. The van der Waals surface area contributed by atoms with Gasteiger partial charge in [0.2, 0.25) is 0 Å². The molecule has 16 nitrogen and oxygen atoms in total. The van der Waals surface area contributed by atoms with E-state index >= 15 is 0 Å². The summed E-state index contributed by atoms with van der Waals surface area (Å²) in [4.78, 5) is 0. The zero-order chi connectivity index (χ0) is 25.3. The summed E-state index contributed by atoms with van der Waals surface area (Å²) in [6.45, 7) is -2.06. The van der Waals surface area contributed by atoms with E-state index in [0.29, 0.717) is 0 Å². The van der Waals surface area contributed by atoms with Crippen LogP contribution in [0.5, 0.6) is 0 Å². The molecule has 15 atom stereocenters.